The molecule has 1 N–H and O–H groups in total. The number of nitrogens with one attached hydrogen (secondary N) is 1. The molecule has 1 aromatic rings. The molecule has 19 heavy (non-hydrogen) atoms. The normalized spacial score (nSPS) is 21.7. The quantitative estimate of drug-likeness (QED) is 0.855. The molecule has 1 unspecified atom stereocenters. The third kappa shape index (κ3) is 3.98. The van der Waals surface area contributed by atoms with Crippen LogP contribution in [0.4, 0.5) is 4.79 Å². The lowest BCUT2D eigenvalue weighted by Crippen LogP contribution is -2.48. The second-order valence-electron chi connectivity index (χ2n) is 4.27. The van der Waals surface area contributed by atoms with Crippen molar-refractivity contribution in [1.82, 2.24) is 5.32 Å². The molecule has 0 bridgehead atoms. The van der Waals surface area contributed by atoms with Gasteiger partial charge in [0.05, 0.1) is 5.33 Å². The second-order valence-corrected chi connectivity index (χ2v) is 5.78. The van der Waals surface area contributed by atoms with Crippen LogP contribution in [-0.2, 0) is 10.5 Å². The van der Waals surface area contributed by atoms with Gasteiger partial charge in [0, 0.05) is 12.7 Å². The first-order valence-electron chi connectivity index (χ1n) is 5.88. The fraction of sp³-hybridized carbons (Fsp3) is 0.385. The van der Waals surface area contributed by atoms with Gasteiger partial charge in [-0.25, -0.2) is 4.99 Å². The summed E-state index contributed by atoms with van der Waals surface area (Å²) in [6.45, 7) is 2.16. The van der Waals surface area contributed by atoms with Gasteiger partial charge in [-0.15, -0.1) is 0 Å². The Bertz CT molecular complexity index is 481. The zero-order chi connectivity index (χ0) is 13.7. The number of aliphatic imine (C=N–C) groups is 1. The summed E-state index contributed by atoms with van der Waals surface area (Å²) >= 11 is 4.61. The Labute approximate surface area is 125 Å². The summed E-state index contributed by atoms with van der Waals surface area (Å²) in [5, 5.41) is 3.35. The Kier molecular flexibility index (Phi) is 4.87. The highest BCUT2D eigenvalue weighted by molar-refractivity contribution is 9.09. The van der Waals surface area contributed by atoms with Gasteiger partial charge < -0.3 is 10.1 Å². The fourth-order valence-electron chi connectivity index (χ4n) is 1.70. The fourth-order valence-corrected chi connectivity index (χ4v) is 2.88. The van der Waals surface area contributed by atoms with E-state index in [0.29, 0.717) is 23.6 Å². The number of nitrogens with zero attached hydrogens (tertiary/aromatic N) is 1. The van der Waals surface area contributed by atoms with Crippen molar-refractivity contribution in [2.24, 2.45) is 4.99 Å². The number of carbonyl (C=O) groups excluding carboxylic acids is 1. The summed E-state index contributed by atoms with van der Waals surface area (Å²) < 4.78 is 5.32. The Morgan fingerprint density at radius 2 is 2.26 bits per heavy atom. The molecule has 0 aromatic heterocycles. The smallest absolute Gasteiger partial charge is 0.281 e. The lowest BCUT2D eigenvalue weighted by atomic mass is 10.2. The highest BCUT2D eigenvalue weighted by Crippen LogP contribution is 2.21. The standard InChI is InChI=1S/C13H15BrN2O2S/c1-10-15-13(8-14,9-18-10)16-12(17)19-7-11-5-3-2-4-6-11/h2-6H,7-9H2,1H3,(H,16,17). The highest BCUT2D eigenvalue weighted by atomic mass is 79.9. The molecule has 1 aliphatic heterocycles. The molecule has 0 radical (unpaired) electrons. The number of benzene rings is 1. The highest BCUT2D eigenvalue weighted by Gasteiger charge is 2.36. The number of carbonyl (C=O) groups is 1. The molecular formula is C13H15BrN2O2S. The number of ether oxygens (including phenoxy) is 1. The second kappa shape index (κ2) is 6.43. The lowest BCUT2D eigenvalue weighted by Gasteiger charge is -2.22. The third-order valence-corrected chi connectivity index (χ3v) is 4.43. The van der Waals surface area contributed by atoms with Crippen LogP contribution in [0.3, 0.4) is 0 Å². The van der Waals surface area contributed by atoms with Crippen LogP contribution in [0.25, 0.3) is 0 Å². The zero-order valence-corrected chi connectivity index (χ0v) is 13.0. The largest absolute Gasteiger partial charge is 0.477 e. The molecule has 102 valence electrons. The molecule has 1 aromatic carbocycles. The maximum absolute atomic E-state index is 11.9. The molecule has 0 spiro atoms. The van der Waals surface area contributed by atoms with Crippen LogP contribution < -0.4 is 5.32 Å². The minimum atomic E-state index is -0.662. The summed E-state index contributed by atoms with van der Waals surface area (Å²) in [7, 11) is 0. The van der Waals surface area contributed by atoms with Crippen molar-refractivity contribution in [2.75, 3.05) is 11.9 Å². The van der Waals surface area contributed by atoms with Crippen LogP contribution in [0.1, 0.15) is 12.5 Å². The number of alkyl halides is 1. The summed E-state index contributed by atoms with van der Waals surface area (Å²) in [5.41, 5.74) is 0.461. The van der Waals surface area contributed by atoms with E-state index in [0.717, 1.165) is 5.56 Å². The van der Waals surface area contributed by atoms with E-state index < -0.39 is 5.66 Å². The van der Waals surface area contributed by atoms with E-state index in [1.807, 2.05) is 30.3 Å². The number of rotatable bonds is 4. The van der Waals surface area contributed by atoms with Gasteiger partial charge in [-0.1, -0.05) is 58.0 Å². The van der Waals surface area contributed by atoms with Crippen molar-refractivity contribution in [3.63, 3.8) is 0 Å². The molecule has 1 amide bonds. The minimum absolute atomic E-state index is 0.0923. The maximum Gasteiger partial charge on any atom is 0.281 e. The molecule has 1 heterocycles. The Balaban J connectivity index is 1.87. The first kappa shape index (κ1) is 14.4. The average Bonchev–Trinajstić information content (AvgIpc) is 2.79. The van der Waals surface area contributed by atoms with Crippen LogP contribution in [0, 0.1) is 0 Å². The number of halogens is 1. The average molecular weight is 343 g/mol. The van der Waals surface area contributed by atoms with Crippen molar-refractivity contribution in [3.8, 4) is 0 Å². The molecule has 4 nitrogen and oxygen atoms in total. The van der Waals surface area contributed by atoms with Crippen LogP contribution in [0.2, 0.25) is 0 Å². The number of thioether (sulfide) groups is 1. The predicted molar refractivity (Wildman–Crippen MR) is 81.9 cm³/mol. The maximum atomic E-state index is 11.9. The van der Waals surface area contributed by atoms with E-state index in [1.54, 1.807) is 6.92 Å². The number of hydrogen-bond donors (Lipinski definition) is 1. The van der Waals surface area contributed by atoms with Gasteiger partial charge in [-0.2, -0.15) is 0 Å². The van der Waals surface area contributed by atoms with Gasteiger partial charge in [0.25, 0.3) is 5.24 Å². The molecule has 0 saturated carbocycles. The van der Waals surface area contributed by atoms with E-state index in [1.165, 1.54) is 11.8 Å². The van der Waals surface area contributed by atoms with Gasteiger partial charge in [0.2, 0.25) is 0 Å². The van der Waals surface area contributed by atoms with Crippen molar-refractivity contribution in [1.29, 1.82) is 0 Å². The van der Waals surface area contributed by atoms with Gasteiger partial charge in [-0.3, -0.25) is 4.79 Å². The van der Waals surface area contributed by atoms with Crippen molar-refractivity contribution in [3.05, 3.63) is 35.9 Å². The first-order chi connectivity index (χ1) is 9.13. The van der Waals surface area contributed by atoms with E-state index in [-0.39, 0.29) is 5.24 Å². The van der Waals surface area contributed by atoms with E-state index in [9.17, 15) is 4.79 Å². The molecule has 6 heteroatoms. The van der Waals surface area contributed by atoms with Gasteiger partial charge in [0.15, 0.2) is 11.6 Å². The van der Waals surface area contributed by atoms with Crippen LogP contribution in [0.15, 0.2) is 35.3 Å². The molecule has 0 aliphatic carbocycles. The van der Waals surface area contributed by atoms with Gasteiger partial charge >= 0.3 is 0 Å². The van der Waals surface area contributed by atoms with Gasteiger partial charge in [0.1, 0.15) is 6.61 Å². The van der Waals surface area contributed by atoms with Crippen molar-refractivity contribution >= 4 is 38.8 Å². The molecule has 1 aliphatic rings. The van der Waals surface area contributed by atoms with Crippen molar-refractivity contribution in [2.45, 2.75) is 18.3 Å². The molecule has 2 rings (SSSR count). The molecule has 0 fully saturated rings. The van der Waals surface area contributed by atoms with Crippen molar-refractivity contribution < 1.29 is 9.53 Å². The van der Waals surface area contributed by atoms with E-state index in [4.69, 9.17) is 4.74 Å². The molecule has 0 saturated heterocycles. The summed E-state index contributed by atoms with van der Waals surface area (Å²) in [4.78, 5) is 16.3. The molecular weight excluding hydrogens is 328 g/mol. The molecule has 1 atom stereocenters. The van der Waals surface area contributed by atoms with Gasteiger partial charge in [-0.05, 0) is 5.56 Å². The van der Waals surface area contributed by atoms with E-state index >= 15 is 0 Å². The lowest BCUT2D eigenvalue weighted by molar-refractivity contribution is 0.226. The third-order valence-electron chi connectivity index (χ3n) is 2.66. The summed E-state index contributed by atoms with van der Waals surface area (Å²) in [6, 6.07) is 9.89. The zero-order valence-electron chi connectivity index (χ0n) is 10.6. The predicted octanol–water partition coefficient (Wildman–Crippen LogP) is 3.17. The SMILES string of the molecule is CC1=NC(CBr)(NC(=O)SCc2ccccc2)CO1. The monoisotopic (exact) mass is 342 g/mol. The van der Waals surface area contributed by atoms with Crippen LogP contribution >= 0.6 is 27.7 Å². The minimum Gasteiger partial charge on any atom is -0.477 e. The topological polar surface area (TPSA) is 50.7 Å². The summed E-state index contributed by atoms with van der Waals surface area (Å²) in [6.07, 6.45) is 0. The summed E-state index contributed by atoms with van der Waals surface area (Å²) in [5.74, 6) is 1.25. The van der Waals surface area contributed by atoms with E-state index in [2.05, 4.69) is 26.2 Å². The Morgan fingerprint density at radius 3 is 2.84 bits per heavy atom. The number of hydrogen-bond acceptors (Lipinski definition) is 4. The Hall–Kier alpha value is -1.01. The first-order valence-corrected chi connectivity index (χ1v) is 7.98. The van der Waals surface area contributed by atoms with Crippen LogP contribution in [-0.4, -0.2) is 28.7 Å². The van der Waals surface area contributed by atoms with Crippen LogP contribution in [0.5, 0.6) is 0 Å². The number of amides is 1. The Morgan fingerprint density at radius 1 is 1.53 bits per heavy atom.